The normalized spacial score (nSPS) is 16.0. The van der Waals surface area contributed by atoms with Crippen molar-refractivity contribution >= 4 is 11.8 Å². The van der Waals surface area contributed by atoms with E-state index in [1.165, 1.54) is 29.2 Å². The van der Waals surface area contributed by atoms with Crippen LogP contribution in [0.2, 0.25) is 0 Å². The SMILES string of the molecule is OC(CSc1ccccc1)CN1CCN(CCCC(c2ccc(F)cc2)c2ccc(F)cc2)CC1. The highest BCUT2D eigenvalue weighted by Crippen LogP contribution is 2.30. The van der Waals surface area contributed by atoms with Crippen LogP contribution in [0.5, 0.6) is 0 Å². The predicted molar refractivity (Wildman–Crippen MR) is 140 cm³/mol. The van der Waals surface area contributed by atoms with E-state index in [2.05, 4.69) is 21.9 Å². The summed E-state index contributed by atoms with van der Waals surface area (Å²) in [6.07, 6.45) is 1.60. The monoisotopic (exact) mass is 496 g/mol. The average Bonchev–Trinajstić information content (AvgIpc) is 2.88. The molecule has 0 spiro atoms. The quantitative estimate of drug-likeness (QED) is 0.347. The second-order valence-electron chi connectivity index (χ2n) is 9.22. The van der Waals surface area contributed by atoms with Crippen LogP contribution in [0, 0.1) is 11.6 Å². The molecule has 0 amide bonds. The highest BCUT2D eigenvalue weighted by atomic mass is 32.2. The summed E-state index contributed by atoms with van der Waals surface area (Å²) in [5.74, 6) is 0.342. The Morgan fingerprint density at radius 2 is 1.29 bits per heavy atom. The third kappa shape index (κ3) is 8.14. The summed E-state index contributed by atoms with van der Waals surface area (Å²) in [4.78, 5) is 6.02. The van der Waals surface area contributed by atoms with E-state index < -0.39 is 0 Å². The van der Waals surface area contributed by atoms with Crippen molar-refractivity contribution in [3.63, 3.8) is 0 Å². The molecule has 1 atom stereocenters. The van der Waals surface area contributed by atoms with Gasteiger partial charge in [0.05, 0.1) is 6.10 Å². The Labute approximate surface area is 211 Å². The van der Waals surface area contributed by atoms with Gasteiger partial charge in [0.2, 0.25) is 0 Å². The van der Waals surface area contributed by atoms with Crippen molar-refractivity contribution in [1.82, 2.24) is 9.80 Å². The number of β-amino-alcohol motifs (C(OH)–C–C–N with tert-alkyl or cyclic N) is 1. The minimum absolute atomic E-state index is 0.120. The molecule has 1 saturated heterocycles. The lowest BCUT2D eigenvalue weighted by Crippen LogP contribution is -2.49. The molecule has 6 heteroatoms. The molecule has 1 N–H and O–H groups in total. The molecule has 0 bridgehead atoms. The number of hydrogen-bond donors (Lipinski definition) is 1. The lowest BCUT2D eigenvalue weighted by Gasteiger charge is -2.35. The van der Waals surface area contributed by atoms with E-state index in [0.717, 1.165) is 56.7 Å². The van der Waals surface area contributed by atoms with E-state index in [0.29, 0.717) is 12.3 Å². The molecule has 1 aliphatic heterocycles. The van der Waals surface area contributed by atoms with Crippen LogP contribution in [0.4, 0.5) is 8.78 Å². The number of nitrogens with zero attached hydrogens (tertiary/aromatic N) is 2. The fourth-order valence-electron chi connectivity index (χ4n) is 4.69. The number of rotatable bonds is 11. The van der Waals surface area contributed by atoms with Crippen molar-refractivity contribution in [1.29, 1.82) is 0 Å². The molecule has 4 rings (SSSR count). The van der Waals surface area contributed by atoms with Gasteiger partial charge in [-0.15, -0.1) is 11.8 Å². The highest BCUT2D eigenvalue weighted by Gasteiger charge is 2.20. The van der Waals surface area contributed by atoms with Crippen LogP contribution in [0.15, 0.2) is 83.8 Å². The van der Waals surface area contributed by atoms with E-state index in [9.17, 15) is 13.9 Å². The molecule has 0 saturated carbocycles. The Kier molecular flexibility index (Phi) is 9.72. The number of thioether (sulfide) groups is 1. The minimum atomic E-state index is -0.334. The van der Waals surface area contributed by atoms with Crippen molar-refractivity contribution in [2.75, 3.05) is 45.0 Å². The van der Waals surface area contributed by atoms with Crippen molar-refractivity contribution in [3.8, 4) is 0 Å². The summed E-state index contributed by atoms with van der Waals surface area (Å²) in [6, 6.07) is 23.5. The number of benzene rings is 3. The molecular formula is C29H34F2N2OS. The lowest BCUT2D eigenvalue weighted by molar-refractivity contribution is 0.0819. The first-order chi connectivity index (χ1) is 17.1. The Bertz CT molecular complexity index is 964. The van der Waals surface area contributed by atoms with Gasteiger partial charge in [-0.1, -0.05) is 42.5 Å². The third-order valence-corrected chi connectivity index (χ3v) is 7.79. The maximum atomic E-state index is 13.5. The number of aliphatic hydroxyl groups is 1. The molecule has 3 aromatic rings. The summed E-state index contributed by atoms with van der Waals surface area (Å²) in [7, 11) is 0. The average molecular weight is 497 g/mol. The third-order valence-electron chi connectivity index (χ3n) is 6.63. The largest absolute Gasteiger partial charge is 0.391 e. The van der Waals surface area contributed by atoms with E-state index in [1.54, 1.807) is 11.8 Å². The van der Waals surface area contributed by atoms with Gasteiger partial charge < -0.3 is 10.0 Å². The van der Waals surface area contributed by atoms with E-state index >= 15 is 0 Å². The van der Waals surface area contributed by atoms with Gasteiger partial charge in [0.1, 0.15) is 11.6 Å². The van der Waals surface area contributed by atoms with Crippen molar-refractivity contribution in [2.24, 2.45) is 0 Å². The molecule has 1 unspecified atom stereocenters. The maximum Gasteiger partial charge on any atom is 0.123 e. The Balaban J connectivity index is 1.21. The van der Waals surface area contributed by atoms with Gasteiger partial charge >= 0.3 is 0 Å². The molecular weight excluding hydrogens is 462 g/mol. The van der Waals surface area contributed by atoms with Crippen LogP contribution >= 0.6 is 11.8 Å². The zero-order chi connectivity index (χ0) is 24.5. The van der Waals surface area contributed by atoms with Crippen molar-refractivity contribution in [3.05, 3.63) is 102 Å². The van der Waals surface area contributed by atoms with E-state index in [-0.39, 0.29) is 23.7 Å². The predicted octanol–water partition coefficient (Wildman–Crippen LogP) is 5.65. The van der Waals surface area contributed by atoms with Gasteiger partial charge in [-0.3, -0.25) is 4.90 Å². The van der Waals surface area contributed by atoms with Crippen LogP contribution in [0.3, 0.4) is 0 Å². The molecule has 1 aliphatic rings. The fraction of sp³-hybridized carbons (Fsp3) is 0.379. The summed E-state index contributed by atoms with van der Waals surface area (Å²) >= 11 is 1.70. The van der Waals surface area contributed by atoms with Crippen LogP contribution in [-0.4, -0.2) is 66.0 Å². The van der Waals surface area contributed by atoms with Gasteiger partial charge in [0.15, 0.2) is 0 Å². The molecule has 0 aliphatic carbocycles. The molecule has 0 radical (unpaired) electrons. The Hall–Kier alpha value is -2.25. The Morgan fingerprint density at radius 3 is 1.86 bits per heavy atom. The van der Waals surface area contributed by atoms with Crippen LogP contribution in [-0.2, 0) is 0 Å². The molecule has 186 valence electrons. The standard InChI is InChI=1S/C29H34F2N2OS/c30-25-12-8-23(9-13-25)29(24-10-14-26(31)15-11-24)7-4-16-32-17-19-33(20-18-32)21-27(34)22-35-28-5-2-1-3-6-28/h1-3,5-6,8-15,27,29,34H,4,7,16-22H2. The number of aliphatic hydroxyl groups excluding tert-OH is 1. The first-order valence-corrected chi connectivity index (χ1v) is 13.4. The zero-order valence-corrected chi connectivity index (χ0v) is 20.8. The van der Waals surface area contributed by atoms with Crippen LogP contribution in [0.1, 0.15) is 29.9 Å². The topological polar surface area (TPSA) is 26.7 Å². The van der Waals surface area contributed by atoms with Crippen molar-refractivity contribution < 1.29 is 13.9 Å². The number of hydrogen-bond acceptors (Lipinski definition) is 4. The van der Waals surface area contributed by atoms with Crippen molar-refractivity contribution in [2.45, 2.75) is 29.8 Å². The highest BCUT2D eigenvalue weighted by molar-refractivity contribution is 7.99. The van der Waals surface area contributed by atoms with Gasteiger partial charge in [-0.2, -0.15) is 0 Å². The van der Waals surface area contributed by atoms with Gasteiger partial charge in [-0.25, -0.2) is 8.78 Å². The summed E-state index contributed by atoms with van der Waals surface area (Å²) in [5, 5.41) is 10.5. The molecule has 1 heterocycles. The first kappa shape index (κ1) is 25.8. The molecule has 3 nitrogen and oxygen atoms in total. The smallest absolute Gasteiger partial charge is 0.123 e. The number of halogens is 2. The summed E-state index contributed by atoms with van der Waals surface area (Å²) < 4.78 is 26.9. The first-order valence-electron chi connectivity index (χ1n) is 12.4. The van der Waals surface area contributed by atoms with E-state index in [4.69, 9.17) is 0 Å². The molecule has 1 fully saturated rings. The lowest BCUT2D eigenvalue weighted by atomic mass is 9.87. The molecule has 3 aromatic carbocycles. The molecule has 0 aromatic heterocycles. The van der Waals surface area contributed by atoms with Crippen LogP contribution < -0.4 is 0 Å². The van der Waals surface area contributed by atoms with Crippen LogP contribution in [0.25, 0.3) is 0 Å². The van der Waals surface area contributed by atoms with E-state index in [1.807, 2.05) is 42.5 Å². The zero-order valence-electron chi connectivity index (χ0n) is 20.0. The molecule has 35 heavy (non-hydrogen) atoms. The van der Waals surface area contributed by atoms with Gasteiger partial charge in [0, 0.05) is 49.3 Å². The van der Waals surface area contributed by atoms with Gasteiger partial charge in [-0.05, 0) is 66.9 Å². The summed E-state index contributed by atoms with van der Waals surface area (Å²) in [6.45, 7) is 5.63. The second kappa shape index (κ2) is 13.2. The summed E-state index contributed by atoms with van der Waals surface area (Å²) in [5.41, 5.74) is 2.12. The maximum absolute atomic E-state index is 13.5. The van der Waals surface area contributed by atoms with Gasteiger partial charge in [0.25, 0.3) is 0 Å². The fourth-order valence-corrected chi connectivity index (χ4v) is 5.53. The minimum Gasteiger partial charge on any atom is -0.391 e. The number of piperazine rings is 1. The second-order valence-corrected chi connectivity index (χ2v) is 10.3. The Morgan fingerprint density at radius 1 is 0.743 bits per heavy atom.